The number of nitrogens with one attached hydrogen (secondary N) is 1. The number of aliphatic hydroxyl groups excluding tert-OH is 1. The Labute approximate surface area is 129 Å². The van der Waals surface area contributed by atoms with Gasteiger partial charge >= 0.3 is 0 Å². The van der Waals surface area contributed by atoms with Gasteiger partial charge in [-0.05, 0) is 51.8 Å². The number of carbonyl (C=O) groups excluding carboxylic acids is 1. The molecule has 0 bridgehead atoms. The Balaban J connectivity index is 1.92. The van der Waals surface area contributed by atoms with E-state index in [0.29, 0.717) is 15.9 Å². The van der Waals surface area contributed by atoms with E-state index in [1.54, 1.807) is 24.3 Å². The summed E-state index contributed by atoms with van der Waals surface area (Å²) < 4.78 is 19.0. The summed E-state index contributed by atoms with van der Waals surface area (Å²) in [4.78, 5) is 11.7. The first kappa shape index (κ1) is 15.5. The van der Waals surface area contributed by atoms with Crippen LogP contribution in [0.15, 0.2) is 46.9 Å². The van der Waals surface area contributed by atoms with E-state index in [2.05, 4.69) is 21.2 Å². The lowest BCUT2D eigenvalue weighted by atomic mass is 10.2. The van der Waals surface area contributed by atoms with Crippen LogP contribution in [0.1, 0.15) is 5.56 Å². The molecular weight excluding hydrogens is 341 g/mol. The Bertz CT molecular complexity index is 649. The molecule has 110 valence electrons. The van der Waals surface area contributed by atoms with Gasteiger partial charge in [0.25, 0.3) is 5.91 Å². The molecule has 2 aromatic carbocycles. The zero-order valence-corrected chi connectivity index (χ0v) is 12.6. The van der Waals surface area contributed by atoms with Crippen LogP contribution in [-0.2, 0) is 11.4 Å². The molecule has 0 unspecified atom stereocenters. The SMILES string of the molecule is O=C(COc1ccc(CO)cc1Br)Nc1cccc(F)c1. The largest absolute Gasteiger partial charge is 0.483 e. The van der Waals surface area contributed by atoms with Gasteiger partial charge in [0.05, 0.1) is 11.1 Å². The highest BCUT2D eigenvalue weighted by Gasteiger charge is 2.07. The molecule has 0 aliphatic carbocycles. The molecule has 0 aromatic heterocycles. The molecule has 0 spiro atoms. The molecule has 2 aromatic rings. The van der Waals surface area contributed by atoms with Gasteiger partial charge in [-0.1, -0.05) is 12.1 Å². The van der Waals surface area contributed by atoms with Gasteiger partial charge in [0, 0.05) is 5.69 Å². The van der Waals surface area contributed by atoms with Gasteiger partial charge in [-0.2, -0.15) is 0 Å². The molecule has 0 aliphatic heterocycles. The molecule has 4 nitrogen and oxygen atoms in total. The van der Waals surface area contributed by atoms with E-state index in [4.69, 9.17) is 9.84 Å². The van der Waals surface area contributed by atoms with E-state index in [9.17, 15) is 9.18 Å². The Hall–Kier alpha value is -1.92. The highest BCUT2D eigenvalue weighted by Crippen LogP contribution is 2.26. The minimum Gasteiger partial charge on any atom is -0.483 e. The van der Waals surface area contributed by atoms with Crippen molar-refractivity contribution in [1.29, 1.82) is 0 Å². The fraction of sp³-hybridized carbons (Fsp3) is 0.133. The van der Waals surface area contributed by atoms with E-state index < -0.39 is 11.7 Å². The molecule has 2 rings (SSSR count). The van der Waals surface area contributed by atoms with Gasteiger partial charge in [0.2, 0.25) is 0 Å². The quantitative estimate of drug-likeness (QED) is 0.868. The second-order valence-corrected chi connectivity index (χ2v) is 5.12. The molecule has 0 atom stereocenters. The van der Waals surface area contributed by atoms with Gasteiger partial charge in [-0.15, -0.1) is 0 Å². The Morgan fingerprint density at radius 3 is 2.76 bits per heavy atom. The summed E-state index contributed by atoms with van der Waals surface area (Å²) in [5.74, 6) is -0.323. The standard InChI is InChI=1S/C15H13BrFNO3/c16-13-6-10(8-19)4-5-14(13)21-9-15(20)18-12-3-1-2-11(17)7-12/h1-7,19H,8-9H2,(H,18,20). The fourth-order valence-electron chi connectivity index (χ4n) is 1.67. The highest BCUT2D eigenvalue weighted by molar-refractivity contribution is 9.10. The van der Waals surface area contributed by atoms with Crippen LogP contribution in [0.5, 0.6) is 5.75 Å². The minimum absolute atomic E-state index is 0.0705. The molecule has 0 radical (unpaired) electrons. The van der Waals surface area contributed by atoms with Crippen LogP contribution in [0.4, 0.5) is 10.1 Å². The number of aliphatic hydroxyl groups is 1. The number of amides is 1. The molecule has 0 aliphatic rings. The van der Waals surface area contributed by atoms with Crippen molar-refractivity contribution in [2.24, 2.45) is 0 Å². The maximum absolute atomic E-state index is 13.0. The summed E-state index contributed by atoms with van der Waals surface area (Å²) in [5, 5.41) is 11.5. The van der Waals surface area contributed by atoms with Crippen LogP contribution >= 0.6 is 15.9 Å². The minimum atomic E-state index is -0.420. The monoisotopic (exact) mass is 353 g/mol. The van der Waals surface area contributed by atoms with Gasteiger partial charge in [-0.25, -0.2) is 4.39 Å². The van der Waals surface area contributed by atoms with Crippen molar-refractivity contribution in [2.75, 3.05) is 11.9 Å². The van der Waals surface area contributed by atoms with Crippen molar-refractivity contribution in [3.63, 3.8) is 0 Å². The summed E-state index contributed by atoms with van der Waals surface area (Å²) in [5.41, 5.74) is 1.11. The molecule has 0 fully saturated rings. The fourth-order valence-corrected chi connectivity index (χ4v) is 2.21. The first-order valence-corrected chi connectivity index (χ1v) is 6.95. The van der Waals surface area contributed by atoms with Gasteiger partial charge in [0.1, 0.15) is 11.6 Å². The number of rotatable bonds is 5. The van der Waals surface area contributed by atoms with Crippen molar-refractivity contribution in [2.45, 2.75) is 6.61 Å². The van der Waals surface area contributed by atoms with E-state index in [1.807, 2.05) is 0 Å². The number of carbonyl (C=O) groups is 1. The van der Waals surface area contributed by atoms with Crippen molar-refractivity contribution >= 4 is 27.5 Å². The average molecular weight is 354 g/mol. The predicted molar refractivity (Wildman–Crippen MR) is 80.6 cm³/mol. The number of hydrogen-bond donors (Lipinski definition) is 2. The van der Waals surface area contributed by atoms with Crippen molar-refractivity contribution in [1.82, 2.24) is 0 Å². The van der Waals surface area contributed by atoms with Crippen molar-refractivity contribution in [3.8, 4) is 5.75 Å². The maximum Gasteiger partial charge on any atom is 0.262 e. The molecular formula is C15H13BrFNO3. The second-order valence-electron chi connectivity index (χ2n) is 4.27. The molecule has 1 amide bonds. The zero-order valence-electron chi connectivity index (χ0n) is 11.0. The summed E-state index contributed by atoms with van der Waals surface area (Å²) in [6.07, 6.45) is 0. The normalized spacial score (nSPS) is 10.2. The summed E-state index contributed by atoms with van der Waals surface area (Å²) in [7, 11) is 0. The van der Waals surface area contributed by atoms with Crippen LogP contribution in [0.3, 0.4) is 0 Å². The summed E-state index contributed by atoms with van der Waals surface area (Å²) in [6, 6.07) is 10.7. The third kappa shape index (κ3) is 4.54. The number of benzene rings is 2. The number of halogens is 2. The smallest absolute Gasteiger partial charge is 0.262 e. The molecule has 2 N–H and O–H groups in total. The number of anilines is 1. The highest BCUT2D eigenvalue weighted by atomic mass is 79.9. The Kier molecular flexibility index (Phi) is 5.30. The molecule has 21 heavy (non-hydrogen) atoms. The van der Waals surface area contributed by atoms with Crippen LogP contribution in [0.25, 0.3) is 0 Å². The lowest BCUT2D eigenvalue weighted by molar-refractivity contribution is -0.118. The average Bonchev–Trinajstić information content (AvgIpc) is 2.46. The van der Waals surface area contributed by atoms with E-state index in [-0.39, 0.29) is 13.2 Å². The van der Waals surface area contributed by atoms with Gasteiger partial charge in [0.15, 0.2) is 6.61 Å². The van der Waals surface area contributed by atoms with Crippen LogP contribution in [0, 0.1) is 5.82 Å². The molecule has 0 saturated heterocycles. The summed E-state index contributed by atoms with van der Waals surface area (Å²) in [6.45, 7) is -0.271. The molecule has 6 heteroatoms. The lowest BCUT2D eigenvalue weighted by Gasteiger charge is -2.09. The summed E-state index contributed by atoms with van der Waals surface area (Å²) >= 11 is 3.30. The van der Waals surface area contributed by atoms with E-state index in [1.165, 1.54) is 18.2 Å². The van der Waals surface area contributed by atoms with E-state index in [0.717, 1.165) is 5.56 Å². The molecule has 0 saturated carbocycles. The zero-order chi connectivity index (χ0) is 15.2. The van der Waals surface area contributed by atoms with Crippen LogP contribution < -0.4 is 10.1 Å². The Morgan fingerprint density at radius 2 is 2.10 bits per heavy atom. The first-order chi connectivity index (χ1) is 10.1. The van der Waals surface area contributed by atoms with Crippen molar-refractivity contribution in [3.05, 3.63) is 58.3 Å². The second kappa shape index (κ2) is 7.19. The third-order valence-electron chi connectivity index (χ3n) is 2.65. The van der Waals surface area contributed by atoms with Gasteiger partial charge < -0.3 is 15.2 Å². The van der Waals surface area contributed by atoms with E-state index >= 15 is 0 Å². The number of hydrogen-bond acceptors (Lipinski definition) is 3. The maximum atomic E-state index is 13.0. The topological polar surface area (TPSA) is 58.6 Å². The Morgan fingerprint density at radius 1 is 1.29 bits per heavy atom. The van der Waals surface area contributed by atoms with Gasteiger partial charge in [-0.3, -0.25) is 4.79 Å². The third-order valence-corrected chi connectivity index (χ3v) is 3.27. The van der Waals surface area contributed by atoms with Crippen LogP contribution in [0.2, 0.25) is 0 Å². The van der Waals surface area contributed by atoms with Crippen molar-refractivity contribution < 1.29 is 19.0 Å². The number of ether oxygens (including phenoxy) is 1. The lowest BCUT2D eigenvalue weighted by Crippen LogP contribution is -2.20. The molecule has 0 heterocycles. The predicted octanol–water partition coefficient (Wildman–Crippen LogP) is 3.10. The van der Waals surface area contributed by atoms with Crippen LogP contribution in [-0.4, -0.2) is 17.6 Å². The first-order valence-electron chi connectivity index (χ1n) is 6.16.